The van der Waals surface area contributed by atoms with Crippen LogP contribution in [-0.4, -0.2) is 20.4 Å². The van der Waals surface area contributed by atoms with Crippen LogP contribution in [0.3, 0.4) is 0 Å². The summed E-state index contributed by atoms with van der Waals surface area (Å²) in [5.41, 5.74) is 2.80. The lowest BCUT2D eigenvalue weighted by atomic mass is 10.2. The highest BCUT2D eigenvalue weighted by Crippen LogP contribution is 2.18. The van der Waals surface area contributed by atoms with Gasteiger partial charge in [0.2, 0.25) is 0 Å². The van der Waals surface area contributed by atoms with Crippen LogP contribution in [0.1, 0.15) is 15.9 Å². The molecule has 0 bridgehead atoms. The summed E-state index contributed by atoms with van der Waals surface area (Å²) in [6, 6.07) is 15.4. The molecule has 0 aliphatic heterocycles. The molecule has 2 rings (SSSR count). The first-order valence-corrected chi connectivity index (χ1v) is 6.14. The topological polar surface area (TPSA) is 29.5 Å². The second kappa shape index (κ2) is 6.05. The molecule has 0 heterocycles. The first kappa shape index (κ1) is 13.1. The number of carbonyl (C=O) groups is 1. The predicted molar refractivity (Wildman–Crippen MR) is 76.9 cm³/mol. The van der Waals surface area contributed by atoms with Gasteiger partial charge in [-0.15, -0.1) is 0 Å². The van der Waals surface area contributed by atoms with Gasteiger partial charge >= 0.3 is 0 Å². The van der Waals surface area contributed by atoms with E-state index in [4.69, 9.17) is 4.74 Å². The maximum absolute atomic E-state index is 10.9. The minimum atomic E-state index is 0.457. The maximum Gasteiger partial charge on any atom is 0.153 e. The number of para-hydroxylation sites is 1. The number of hydrogen-bond acceptors (Lipinski definition) is 3. The number of hydrogen-bond donors (Lipinski definition) is 0. The Hall–Kier alpha value is -2.29. The number of rotatable bonds is 5. The zero-order valence-corrected chi connectivity index (χ0v) is 11.2. The van der Waals surface area contributed by atoms with Crippen molar-refractivity contribution in [3.05, 3.63) is 59.7 Å². The zero-order valence-electron chi connectivity index (χ0n) is 11.2. The molecular formula is C16H17NO2. The predicted octanol–water partition coefficient (Wildman–Crippen LogP) is 3.14. The van der Waals surface area contributed by atoms with Gasteiger partial charge in [-0.1, -0.05) is 24.3 Å². The molecule has 0 amide bonds. The molecule has 0 saturated heterocycles. The number of ether oxygens (including phenoxy) is 1. The summed E-state index contributed by atoms with van der Waals surface area (Å²) in [4.78, 5) is 12.9. The van der Waals surface area contributed by atoms with Gasteiger partial charge in [-0.3, -0.25) is 4.79 Å². The van der Waals surface area contributed by atoms with E-state index in [9.17, 15) is 4.79 Å². The van der Waals surface area contributed by atoms with Crippen LogP contribution in [-0.2, 0) is 6.61 Å². The van der Waals surface area contributed by atoms with Gasteiger partial charge in [-0.05, 0) is 29.8 Å². The number of benzene rings is 2. The third kappa shape index (κ3) is 3.35. The van der Waals surface area contributed by atoms with E-state index in [1.807, 2.05) is 55.4 Å². The molecule has 0 aromatic heterocycles. The van der Waals surface area contributed by atoms with Crippen molar-refractivity contribution in [2.75, 3.05) is 19.0 Å². The highest BCUT2D eigenvalue weighted by atomic mass is 16.5. The summed E-state index contributed by atoms with van der Waals surface area (Å²) in [6.45, 7) is 0.457. The summed E-state index contributed by atoms with van der Waals surface area (Å²) in [5, 5.41) is 0. The summed E-state index contributed by atoms with van der Waals surface area (Å²) in [6.07, 6.45) is 0.810. The zero-order chi connectivity index (χ0) is 13.7. The highest BCUT2D eigenvalue weighted by molar-refractivity contribution is 5.79. The molecule has 0 fully saturated rings. The van der Waals surface area contributed by atoms with Crippen molar-refractivity contribution in [1.29, 1.82) is 0 Å². The molecule has 0 atom stereocenters. The van der Waals surface area contributed by atoms with Crippen molar-refractivity contribution in [3.63, 3.8) is 0 Å². The highest BCUT2D eigenvalue weighted by Gasteiger charge is 2.02. The van der Waals surface area contributed by atoms with E-state index in [-0.39, 0.29) is 0 Å². The smallest absolute Gasteiger partial charge is 0.153 e. The molecule has 0 radical (unpaired) electrons. The number of carbonyl (C=O) groups excluding carboxylic acids is 1. The Balaban J connectivity index is 2.04. The van der Waals surface area contributed by atoms with E-state index >= 15 is 0 Å². The van der Waals surface area contributed by atoms with Crippen LogP contribution in [0, 0.1) is 0 Å². The molecule has 2 aromatic carbocycles. The van der Waals surface area contributed by atoms with Gasteiger partial charge in [0, 0.05) is 19.8 Å². The summed E-state index contributed by atoms with van der Waals surface area (Å²) in [5.74, 6) is 0.620. The fraction of sp³-hybridized carbons (Fsp3) is 0.188. The standard InChI is InChI=1S/C16H17NO2/c1-17(2)15-9-7-13(8-10-15)12-19-16-6-4-3-5-14(16)11-18/h3-11H,12H2,1-2H3. The van der Waals surface area contributed by atoms with Crippen LogP contribution < -0.4 is 9.64 Å². The van der Waals surface area contributed by atoms with Crippen molar-refractivity contribution >= 4 is 12.0 Å². The van der Waals surface area contributed by atoms with Crippen LogP contribution in [0.2, 0.25) is 0 Å². The molecule has 2 aromatic rings. The molecule has 0 aliphatic carbocycles. The third-order valence-corrected chi connectivity index (χ3v) is 2.89. The quantitative estimate of drug-likeness (QED) is 0.769. The maximum atomic E-state index is 10.9. The van der Waals surface area contributed by atoms with Crippen LogP contribution in [0.4, 0.5) is 5.69 Å². The van der Waals surface area contributed by atoms with Gasteiger partial charge in [-0.2, -0.15) is 0 Å². The monoisotopic (exact) mass is 255 g/mol. The van der Waals surface area contributed by atoms with E-state index in [0.717, 1.165) is 17.5 Å². The number of anilines is 1. The third-order valence-electron chi connectivity index (χ3n) is 2.89. The molecule has 0 unspecified atom stereocenters. The van der Waals surface area contributed by atoms with Gasteiger partial charge in [0.05, 0.1) is 5.56 Å². The molecule has 0 spiro atoms. The molecule has 3 heteroatoms. The van der Waals surface area contributed by atoms with Gasteiger partial charge in [0.25, 0.3) is 0 Å². The fourth-order valence-electron chi connectivity index (χ4n) is 1.76. The van der Waals surface area contributed by atoms with Gasteiger partial charge < -0.3 is 9.64 Å². The van der Waals surface area contributed by atoms with E-state index in [1.54, 1.807) is 12.1 Å². The minimum Gasteiger partial charge on any atom is -0.488 e. The van der Waals surface area contributed by atoms with Gasteiger partial charge in [0.15, 0.2) is 6.29 Å². The van der Waals surface area contributed by atoms with Crippen LogP contribution >= 0.6 is 0 Å². The molecule has 0 saturated carbocycles. The van der Waals surface area contributed by atoms with Crippen molar-refractivity contribution in [2.45, 2.75) is 6.61 Å². The Kier molecular flexibility index (Phi) is 4.18. The first-order valence-electron chi connectivity index (χ1n) is 6.14. The van der Waals surface area contributed by atoms with Crippen molar-refractivity contribution in [1.82, 2.24) is 0 Å². The minimum absolute atomic E-state index is 0.457. The normalized spacial score (nSPS) is 10.0. The van der Waals surface area contributed by atoms with E-state index in [2.05, 4.69) is 0 Å². The van der Waals surface area contributed by atoms with Crippen molar-refractivity contribution < 1.29 is 9.53 Å². The van der Waals surface area contributed by atoms with Crippen molar-refractivity contribution in [2.24, 2.45) is 0 Å². The number of aldehydes is 1. The average molecular weight is 255 g/mol. The lowest BCUT2D eigenvalue weighted by molar-refractivity contribution is 0.111. The van der Waals surface area contributed by atoms with E-state index in [1.165, 1.54) is 0 Å². The Morgan fingerprint density at radius 3 is 2.37 bits per heavy atom. The molecule has 0 N–H and O–H groups in total. The lowest BCUT2D eigenvalue weighted by Gasteiger charge is -2.13. The van der Waals surface area contributed by atoms with Crippen molar-refractivity contribution in [3.8, 4) is 5.75 Å². The Bertz CT molecular complexity index is 547. The summed E-state index contributed by atoms with van der Waals surface area (Å²) in [7, 11) is 4.01. The Morgan fingerprint density at radius 1 is 1.05 bits per heavy atom. The molecule has 19 heavy (non-hydrogen) atoms. The first-order chi connectivity index (χ1) is 9.20. The Labute approximate surface area is 113 Å². The number of nitrogens with zero attached hydrogens (tertiary/aromatic N) is 1. The Morgan fingerprint density at radius 2 is 1.74 bits per heavy atom. The molecular weight excluding hydrogens is 238 g/mol. The SMILES string of the molecule is CN(C)c1ccc(COc2ccccc2C=O)cc1. The molecule has 0 aliphatic rings. The van der Waals surface area contributed by atoms with Gasteiger partial charge in [0.1, 0.15) is 12.4 Å². The second-order valence-electron chi connectivity index (χ2n) is 4.51. The summed E-state index contributed by atoms with van der Waals surface area (Å²) >= 11 is 0. The van der Waals surface area contributed by atoms with E-state index in [0.29, 0.717) is 17.9 Å². The van der Waals surface area contributed by atoms with Crippen LogP contribution in [0.25, 0.3) is 0 Å². The average Bonchev–Trinajstić information content (AvgIpc) is 2.45. The second-order valence-corrected chi connectivity index (χ2v) is 4.51. The van der Waals surface area contributed by atoms with Gasteiger partial charge in [-0.25, -0.2) is 0 Å². The largest absolute Gasteiger partial charge is 0.488 e. The molecule has 3 nitrogen and oxygen atoms in total. The molecule has 98 valence electrons. The fourth-order valence-corrected chi connectivity index (χ4v) is 1.76. The summed E-state index contributed by atoms with van der Waals surface area (Å²) < 4.78 is 5.67. The van der Waals surface area contributed by atoms with Crippen LogP contribution in [0.15, 0.2) is 48.5 Å². The van der Waals surface area contributed by atoms with Crippen LogP contribution in [0.5, 0.6) is 5.75 Å². The lowest BCUT2D eigenvalue weighted by Crippen LogP contribution is -2.08. The van der Waals surface area contributed by atoms with E-state index < -0.39 is 0 Å².